The summed E-state index contributed by atoms with van der Waals surface area (Å²) < 4.78 is 27.2. The van der Waals surface area contributed by atoms with Crippen molar-refractivity contribution in [2.45, 2.75) is 31.8 Å². The van der Waals surface area contributed by atoms with Gasteiger partial charge in [-0.1, -0.05) is 6.42 Å². The fraction of sp³-hybridized carbons (Fsp3) is 1.00. The van der Waals surface area contributed by atoms with Crippen LogP contribution in [0.25, 0.3) is 0 Å². The summed E-state index contributed by atoms with van der Waals surface area (Å²) in [7, 11) is -3.51. The molecule has 0 bridgehead atoms. The van der Waals surface area contributed by atoms with Crippen LogP contribution < -0.4 is 4.72 Å². The lowest BCUT2D eigenvalue weighted by Crippen LogP contribution is -2.49. The number of nitrogens with one attached hydrogen (secondary N) is 1. The average molecular weight is 252 g/mol. The summed E-state index contributed by atoms with van der Waals surface area (Å²) in [5.41, 5.74) is -1.41. The third-order valence-corrected chi connectivity index (χ3v) is 4.19. The fourth-order valence-corrected chi connectivity index (χ4v) is 2.91. The van der Waals surface area contributed by atoms with Gasteiger partial charge in [-0.2, -0.15) is 17.4 Å². The normalized spacial score (nSPS) is 22.9. The Labute approximate surface area is 96.4 Å². The Morgan fingerprint density at radius 2 is 1.88 bits per heavy atom. The van der Waals surface area contributed by atoms with Crippen molar-refractivity contribution in [1.29, 1.82) is 0 Å². The van der Waals surface area contributed by atoms with E-state index < -0.39 is 22.4 Å². The van der Waals surface area contributed by atoms with Gasteiger partial charge in [0.1, 0.15) is 0 Å². The summed E-state index contributed by atoms with van der Waals surface area (Å²) in [6, 6.07) is 0. The van der Waals surface area contributed by atoms with Gasteiger partial charge in [-0.25, -0.2) is 0 Å². The van der Waals surface area contributed by atoms with E-state index >= 15 is 0 Å². The van der Waals surface area contributed by atoms with Crippen LogP contribution in [0, 0.1) is 0 Å². The SMILES string of the molecule is CC(O)(CO)CNS(=O)(=O)N1CCCCC1. The highest BCUT2D eigenvalue weighted by Crippen LogP contribution is 2.12. The largest absolute Gasteiger partial charge is 0.393 e. The molecule has 0 saturated carbocycles. The average Bonchev–Trinajstić information content (AvgIpc) is 2.28. The molecule has 0 radical (unpaired) electrons. The first-order valence-electron chi connectivity index (χ1n) is 5.45. The number of aliphatic hydroxyl groups excluding tert-OH is 1. The molecule has 16 heavy (non-hydrogen) atoms. The van der Waals surface area contributed by atoms with Crippen molar-refractivity contribution in [3.05, 3.63) is 0 Å². The Morgan fingerprint density at radius 3 is 2.38 bits per heavy atom. The Balaban J connectivity index is 2.51. The van der Waals surface area contributed by atoms with Crippen LogP contribution in [-0.2, 0) is 10.2 Å². The molecule has 0 aromatic heterocycles. The number of nitrogens with zero attached hydrogens (tertiary/aromatic N) is 1. The first-order chi connectivity index (χ1) is 7.37. The second-order valence-electron chi connectivity index (χ2n) is 4.44. The third-order valence-electron chi connectivity index (χ3n) is 2.63. The van der Waals surface area contributed by atoms with Crippen molar-refractivity contribution in [3.8, 4) is 0 Å². The number of aliphatic hydroxyl groups is 2. The van der Waals surface area contributed by atoms with Crippen LogP contribution in [0.5, 0.6) is 0 Å². The lowest BCUT2D eigenvalue weighted by atomic mass is 10.1. The van der Waals surface area contributed by atoms with E-state index in [4.69, 9.17) is 5.11 Å². The van der Waals surface area contributed by atoms with Crippen LogP contribution in [0.15, 0.2) is 0 Å². The molecule has 1 heterocycles. The minimum atomic E-state index is -3.51. The number of rotatable bonds is 5. The lowest BCUT2D eigenvalue weighted by molar-refractivity contribution is 0.00651. The highest BCUT2D eigenvalue weighted by atomic mass is 32.2. The molecular formula is C9H20N2O4S. The molecule has 96 valence electrons. The maximum atomic E-state index is 11.8. The maximum Gasteiger partial charge on any atom is 0.279 e. The third kappa shape index (κ3) is 3.99. The van der Waals surface area contributed by atoms with Crippen molar-refractivity contribution in [2.75, 3.05) is 26.2 Å². The van der Waals surface area contributed by atoms with E-state index in [1.54, 1.807) is 0 Å². The van der Waals surface area contributed by atoms with Crippen LogP contribution in [0.2, 0.25) is 0 Å². The van der Waals surface area contributed by atoms with E-state index in [1.165, 1.54) is 11.2 Å². The summed E-state index contributed by atoms with van der Waals surface area (Å²) in [4.78, 5) is 0. The molecule has 0 spiro atoms. The van der Waals surface area contributed by atoms with Gasteiger partial charge in [-0.3, -0.25) is 0 Å². The Morgan fingerprint density at radius 1 is 1.31 bits per heavy atom. The molecule has 0 aromatic rings. The highest BCUT2D eigenvalue weighted by Gasteiger charge is 2.27. The molecule has 0 aliphatic carbocycles. The van der Waals surface area contributed by atoms with Gasteiger partial charge in [0.2, 0.25) is 0 Å². The van der Waals surface area contributed by atoms with Gasteiger partial charge < -0.3 is 10.2 Å². The van der Waals surface area contributed by atoms with E-state index in [9.17, 15) is 13.5 Å². The van der Waals surface area contributed by atoms with E-state index in [0.717, 1.165) is 19.3 Å². The van der Waals surface area contributed by atoms with Gasteiger partial charge in [0.15, 0.2) is 0 Å². The maximum absolute atomic E-state index is 11.8. The minimum Gasteiger partial charge on any atom is -0.393 e. The molecular weight excluding hydrogens is 232 g/mol. The summed E-state index contributed by atoms with van der Waals surface area (Å²) in [6.45, 7) is 1.77. The summed E-state index contributed by atoms with van der Waals surface area (Å²) in [5, 5.41) is 18.3. The molecule has 3 N–H and O–H groups in total. The summed E-state index contributed by atoms with van der Waals surface area (Å²) in [5.74, 6) is 0. The van der Waals surface area contributed by atoms with Crippen LogP contribution in [0.4, 0.5) is 0 Å². The standard InChI is InChI=1S/C9H20N2O4S/c1-9(13,8-12)7-10-16(14,15)11-5-3-2-4-6-11/h10,12-13H,2-8H2,1H3. The fourth-order valence-electron chi connectivity index (χ4n) is 1.50. The predicted molar refractivity (Wildman–Crippen MR) is 60.1 cm³/mol. The van der Waals surface area contributed by atoms with Gasteiger partial charge in [0.25, 0.3) is 10.2 Å². The first-order valence-corrected chi connectivity index (χ1v) is 6.89. The smallest absolute Gasteiger partial charge is 0.279 e. The van der Waals surface area contributed by atoms with E-state index in [-0.39, 0.29) is 6.54 Å². The lowest BCUT2D eigenvalue weighted by Gasteiger charge is -2.28. The predicted octanol–water partition coefficient (Wildman–Crippen LogP) is -0.950. The van der Waals surface area contributed by atoms with E-state index in [1.807, 2.05) is 0 Å². The Hall–Kier alpha value is -0.210. The topological polar surface area (TPSA) is 89.9 Å². The summed E-state index contributed by atoms with van der Waals surface area (Å²) >= 11 is 0. The molecule has 1 atom stereocenters. The van der Waals surface area contributed by atoms with Crippen molar-refractivity contribution in [2.24, 2.45) is 0 Å². The van der Waals surface area contributed by atoms with Gasteiger partial charge in [-0.15, -0.1) is 0 Å². The molecule has 1 aliphatic heterocycles. The summed E-state index contributed by atoms with van der Waals surface area (Å²) in [6.07, 6.45) is 2.80. The number of hydrogen-bond acceptors (Lipinski definition) is 4. The van der Waals surface area contributed by atoms with Gasteiger partial charge in [0.05, 0.1) is 12.2 Å². The first kappa shape index (κ1) is 13.9. The van der Waals surface area contributed by atoms with Crippen LogP contribution in [0.1, 0.15) is 26.2 Å². The Bertz CT molecular complexity index is 309. The molecule has 1 aliphatic rings. The van der Waals surface area contributed by atoms with Crippen LogP contribution in [-0.4, -0.2) is 54.8 Å². The molecule has 1 fully saturated rings. The number of hydrogen-bond donors (Lipinski definition) is 3. The molecule has 1 saturated heterocycles. The Kier molecular flexibility index (Phi) is 4.69. The second-order valence-corrected chi connectivity index (χ2v) is 6.20. The quantitative estimate of drug-likeness (QED) is 0.588. The molecule has 0 aromatic carbocycles. The van der Waals surface area contributed by atoms with E-state index in [0.29, 0.717) is 13.1 Å². The van der Waals surface area contributed by atoms with Crippen LogP contribution in [0.3, 0.4) is 0 Å². The zero-order valence-electron chi connectivity index (χ0n) is 9.52. The molecule has 1 unspecified atom stereocenters. The van der Waals surface area contributed by atoms with Crippen molar-refractivity contribution in [1.82, 2.24) is 9.03 Å². The van der Waals surface area contributed by atoms with Gasteiger partial charge in [0, 0.05) is 19.6 Å². The monoisotopic (exact) mass is 252 g/mol. The van der Waals surface area contributed by atoms with Gasteiger partial charge >= 0.3 is 0 Å². The zero-order valence-corrected chi connectivity index (χ0v) is 10.3. The molecule has 6 nitrogen and oxygen atoms in total. The van der Waals surface area contributed by atoms with Crippen molar-refractivity contribution < 1.29 is 18.6 Å². The zero-order chi connectivity index (χ0) is 12.2. The van der Waals surface area contributed by atoms with Gasteiger partial charge in [-0.05, 0) is 19.8 Å². The second kappa shape index (κ2) is 5.42. The molecule has 0 amide bonds. The molecule has 7 heteroatoms. The van der Waals surface area contributed by atoms with E-state index in [2.05, 4.69) is 4.72 Å². The van der Waals surface area contributed by atoms with Crippen molar-refractivity contribution in [3.63, 3.8) is 0 Å². The minimum absolute atomic E-state index is 0.178. The van der Waals surface area contributed by atoms with Crippen molar-refractivity contribution >= 4 is 10.2 Å². The van der Waals surface area contributed by atoms with Crippen LogP contribution >= 0.6 is 0 Å². The highest BCUT2D eigenvalue weighted by molar-refractivity contribution is 7.87. The molecule has 1 rings (SSSR count). The number of piperidine rings is 1.